The van der Waals surface area contributed by atoms with E-state index < -0.39 is 0 Å². The predicted molar refractivity (Wildman–Crippen MR) is 135 cm³/mol. The summed E-state index contributed by atoms with van der Waals surface area (Å²) in [5.74, 6) is 0.952. The molecule has 1 aromatic carbocycles. The molecule has 0 aliphatic heterocycles. The van der Waals surface area contributed by atoms with Crippen molar-refractivity contribution in [3.63, 3.8) is 0 Å². The van der Waals surface area contributed by atoms with Gasteiger partial charge in [-0.1, -0.05) is 81.2 Å². The van der Waals surface area contributed by atoms with Gasteiger partial charge in [0.25, 0.3) is 0 Å². The molecule has 1 aromatic rings. The molecule has 0 aromatic heterocycles. The summed E-state index contributed by atoms with van der Waals surface area (Å²) in [4.78, 5) is 4.93. The van der Waals surface area contributed by atoms with Crippen LogP contribution in [0.15, 0.2) is 38.4 Å². The van der Waals surface area contributed by atoms with Crippen molar-refractivity contribution in [3.8, 4) is 11.5 Å². The second-order valence-corrected chi connectivity index (χ2v) is 9.09. The van der Waals surface area contributed by atoms with Crippen molar-refractivity contribution in [1.82, 2.24) is 0 Å². The van der Waals surface area contributed by atoms with Gasteiger partial charge in [0.05, 0.1) is 23.3 Å². The van der Waals surface area contributed by atoms with Crippen molar-refractivity contribution in [2.45, 2.75) is 32.1 Å². The van der Waals surface area contributed by atoms with Crippen LogP contribution in [0.5, 0.6) is 11.5 Å². The molecule has 0 radical (unpaired) electrons. The Hall–Kier alpha value is -0.530. The first-order chi connectivity index (χ1) is 15.4. The first kappa shape index (κ1) is 29.5. The van der Waals surface area contributed by atoms with Gasteiger partial charge in [-0.25, -0.2) is 0 Å². The van der Waals surface area contributed by atoms with Gasteiger partial charge in [-0.2, -0.15) is 0 Å². The van der Waals surface area contributed by atoms with E-state index in [9.17, 15) is 0 Å². The number of nitrogens with zero attached hydrogens (tertiary/aromatic N) is 1. The van der Waals surface area contributed by atoms with Gasteiger partial charge >= 0.3 is 0 Å². The molecule has 1 rings (SSSR count). The lowest BCUT2D eigenvalue weighted by Gasteiger charge is -2.12. The van der Waals surface area contributed by atoms with Gasteiger partial charge in [-0.05, 0) is 31.4 Å². The normalized spacial score (nSPS) is 10.8. The van der Waals surface area contributed by atoms with E-state index >= 15 is 0 Å². The second kappa shape index (κ2) is 18.8. The number of hydrogen-bond donors (Lipinski definition) is 0. The summed E-state index contributed by atoms with van der Waals surface area (Å²) < 4.78 is 17.0. The Balaban J connectivity index is 2.08. The SMILES string of the molecule is ClC(Cl)=CCON=CCCOCCCCCCOc1c(Cl)cc(OCC=C(Cl)Cl)cc1Cl. The first-order valence-electron chi connectivity index (χ1n) is 9.88. The van der Waals surface area contributed by atoms with E-state index in [2.05, 4.69) is 5.16 Å². The van der Waals surface area contributed by atoms with E-state index in [4.69, 9.17) is 88.7 Å². The number of rotatable bonds is 17. The molecule has 0 bridgehead atoms. The van der Waals surface area contributed by atoms with Crippen molar-refractivity contribution in [1.29, 1.82) is 0 Å². The fraction of sp³-hybridized carbons (Fsp3) is 0.476. The van der Waals surface area contributed by atoms with Gasteiger partial charge < -0.3 is 19.0 Å². The highest BCUT2D eigenvalue weighted by Gasteiger charge is 2.10. The highest BCUT2D eigenvalue weighted by Crippen LogP contribution is 2.37. The van der Waals surface area contributed by atoms with E-state index in [0.29, 0.717) is 47.8 Å². The number of oxime groups is 1. The minimum Gasteiger partial charge on any atom is -0.490 e. The quantitative estimate of drug-likeness (QED) is 0.108. The lowest BCUT2D eigenvalue weighted by atomic mass is 10.2. The number of benzene rings is 1. The molecule has 0 heterocycles. The number of ether oxygens (including phenoxy) is 3. The van der Waals surface area contributed by atoms with Crippen LogP contribution < -0.4 is 9.47 Å². The molecule has 0 fully saturated rings. The summed E-state index contributed by atoms with van der Waals surface area (Å²) in [7, 11) is 0. The lowest BCUT2D eigenvalue weighted by Crippen LogP contribution is -2.01. The zero-order valence-electron chi connectivity index (χ0n) is 17.3. The smallest absolute Gasteiger partial charge is 0.156 e. The molecular weight excluding hydrogens is 543 g/mol. The molecule has 0 atom stereocenters. The Morgan fingerprint density at radius 2 is 1.41 bits per heavy atom. The Kier molecular flexibility index (Phi) is 17.4. The van der Waals surface area contributed by atoms with E-state index in [0.717, 1.165) is 25.7 Å². The third-order valence-corrected chi connectivity index (χ3v) is 4.92. The van der Waals surface area contributed by atoms with Crippen LogP contribution >= 0.6 is 69.6 Å². The molecule has 5 nitrogen and oxygen atoms in total. The predicted octanol–water partition coefficient (Wildman–Crippen LogP) is 8.36. The fourth-order valence-electron chi connectivity index (χ4n) is 2.28. The van der Waals surface area contributed by atoms with Crippen molar-refractivity contribution in [3.05, 3.63) is 43.3 Å². The van der Waals surface area contributed by atoms with Gasteiger partial charge in [0.1, 0.15) is 27.9 Å². The maximum atomic E-state index is 6.24. The Morgan fingerprint density at radius 1 is 0.781 bits per heavy atom. The molecule has 0 N–H and O–H groups in total. The Labute approximate surface area is 219 Å². The summed E-state index contributed by atoms with van der Waals surface area (Å²) in [5, 5.41) is 4.52. The molecule has 0 unspecified atom stereocenters. The molecule has 32 heavy (non-hydrogen) atoms. The van der Waals surface area contributed by atoms with Crippen molar-refractivity contribution < 1.29 is 19.0 Å². The van der Waals surface area contributed by atoms with Crippen molar-refractivity contribution in [2.75, 3.05) is 33.0 Å². The van der Waals surface area contributed by atoms with Crippen LogP contribution in [0.3, 0.4) is 0 Å². The molecule has 180 valence electrons. The fourth-order valence-corrected chi connectivity index (χ4v) is 3.11. The summed E-state index contributed by atoms with van der Waals surface area (Å²) in [6.45, 7) is 2.26. The summed E-state index contributed by atoms with van der Waals surface area (Å²) in [6, 6.07) is 3.28. The minimum absolute atomic E-state index is 0.132. The molecule has 0 aliphatic carbocycles. The topological polar surface area (TPSA) is 49.3 Å². The molecule has 0 saturated carbocycles. The van der Waals surface area contributed by atoms with Gasteiger partial charge in [0.2, 0.25) is 0 Å². The van der Waals surface area contributed by atoms with Crippen LogP contribution in [0.1, 0.15) is 32.1 Å². The first-order valence-corrected chi connectivity index (χ1v) is 12.2. The van der Waals surface area contributed by atoms with E-state index in [1.165, 1.54) is 12.2 Å². The lowest BCUT2D eigenvalue weighted by molar-refractivity contribution is 0.134. The molecule has 0 saturated heterocycles. The Morgan fingerprint density at radius 3 is 2.06 bits per heavy atom. The molecular formula is C21H25Cl6NO4. The van der Waals surface area contributed by atoms with Crippen molar-refractivity contribution >= 4 is 75.8 Å². The van der Waals surface area contributed by atoms with E-state index in [1.54, 1.807) is 18.3 Å². The summed E-state index contributed by atoms with van der Waals surface area (Å²) in [5.41, 5.74) is 0. The van der Waals surface area contributed by atoms with Crippen LogP contribution in [0.25, 0.3) is 0 Å². The summed E-state index contributed by atoms with van der Waals surface area (Å²) >= 11 is 34.4. The van der Waals surface area contributed by atoms with Crippen LogP contribution in [-0.4, -0.2) is 39.2 Å². The highest BCUT2D eigenvalue weighted by molar-refractivity contribution is 6.56. The van der Waals surface area contributed by atoms with Crippen LogP contribution in [0, 0.1) is 0 Å². The molecule has 0 spiro atoms. The van der Waals surface area contributed by atoms with Crippen LogP contribution in [-0.2, 0) is 9.57 Å². The maximum absolute atomic E-state index is 6.24. The van der Waals surface area contributed by atoms with E-state index in [1.807, 2.05) is 0 Å². The third kappa shape index (κ3) is 15.3. The zero-order chi connectivity index (χ0) is 23.6. The maximum Gasteiger partial charge on any atom is 0.156 e. The van der Waals surface area contributed by atoms with Crippen LogP contribution in [0.4, 0.5) is 0 Å². The monoisotopic (exact) mass is 565 g/mol. The molecule has 11 heteroatoms. The largest absolute Gasteiger partial charge is 0.490 e. The minimum atomic E-state index is 0.132. The number of hydrogen-bond acceptors (Lipinski definition) is 5. The second-order valence-electron chi connectivity index (χ2n) is 6.26. The third-order valence-electron chi connectivity index (χ3n) is 3.74. The zero-order valence-corrected chi connectivity index (χ0v) is 21.8. The van der Waals surface area contributed by atoms with Gasteiger partial charge in [0.15, 0.2) is 5.75 Å². The molecule has 0 amide bonds. The average Bonchev–Trinajstić information content (AvgIpc) is 2.72. The van der Waals surface area contributed by atoms with Gasteiger partial charge in [-0.3, -0.25) is 0 Å². The molecule has 0 aliphatic rings. The van der Waals surface area contributed by atoms with Gasteiger partial charge in [0, 0.05) is 31.4 Å². The standard InChI is InChI=1S/C21H25Cl6NO4/c22-17-14-16(30-12-6-19(24)25)15-18(23)21(17)31-11-4-2-1-3-9-29-10-5-8-28-32-13-7-20(26)27/h6-8,14-15H,1-5,9-13H2. The average molecular weight is 568 g/mol. The number of halogens is 6. The van der Waals surface area contributed by atoms with Crippen LogP contribution in [0.2, 0.25) is 10.0 Å². The Bertz CT molecular complexity index is 727. The number of unbranched alkanes of at least 4 members (excludes halogenated alkanes) is 3. The van der Waals surface area contributed by atoms with Gasteiger partial charge in [-0.15, -0.1) is 0 Å². The highest BCUT2D eigenvalue weighted by atomic mass is 35.5. The summed E-state index contributed by atoms with van der Waals surface area (Å²) in [6.07, 6.45) is 9.26. The van der Waals surface area contributed by atoms with Crippen molar-refractivity contribution in [2.24, 2.45) is 5.16 Å². The van der Waals surface area contributed by atoms with E-state index in [-0.39, 0.29) is 22.2 Å².